The molecule has 50 heavy (non-hydrogen) atoms. The highest BCUT2D eigenvalue weighted by Crippen LogP contribution is 2.25. The lowest BCUT2D eigenvalue weighted by atomic mass is 9.92. The third-order valence-corrected chi connectivity index (χ3v) is 9.53. The lowest BCUT2D eigenvalue weighted by molar-refractivity contribution is -0.165. The monoisotopic (exact) mass is 690 g/mol. The molecule has 2 fully saturated rings. The van der Waals surface area contributed by atoms with Gasteiger partial charge in [0.25, 0.3) is 17.7 Å². The molecule has 0 spiro atoms. The molecule has 14 heteroatoms. The molecule has 0 saturated carbocycles. The van der Waals surface area contributed by atoms with Gasteiger partial charge < -0.3 is 19.9 Å². The molecule has 2 aromatic rings. The Morgan fingerprint density at radius 2 is 1.72 bits per heavy atom. The fraction of sp³-hybridized carbons (Fsp3) is 0.556. The SMILES string of the molecule is CC(C)[C@@H]1OC(=O)C(C)(C)/C=C/c2ccc3ccc(nc3c2)N(C)NC(=O)[C@@H]2CCCN(N2)C(=O)[C@H](CCC(=O)N2CCN(C)CC2)NC1=O. The first-order valence-corrected chi connectivity index (χ1v) is 17.4. The standard InChI is InChI=1S/C36H50N8O6/c1-23(2)31-33(47)38-27(12-14-30(45)43-20-18-41(5)19-21-43)34(48)44-17-7-8-26(39-44)32(46)40-42(6)29-13-11-25-10-9-24(22-28(25)37-29)15-16-36(3,4)35(49)50-31/h9-11,13,15-16,22-23,26-27,31,39H,7-8,12,14,17-21H2,1-6H3,(H,38,47)(H,40,46)/b16-15+/t26-,27-,31-/m0/s1. The highest BCUT2D eigenvalue weighted by Gasteiger charge is 2.38. The van der Waals surface area contributed by atoms with E-state index in [2.05, 4.69) is 21.1 Å². The minimum atomic E-state index is -1.19. The maximum atomic E-state index is 14.1. The van der Waals surface area contributed by atoms with E-state index in [1.54, 1.807) is 57.9 Å². The van der Waals surface area contributed by atoms with Gasteiger partial charge in [-0.3, -0.25) is 39.4 Å². The number of nitrogens with zero attached hydrogens (tertiary/aromatic N) is 5. The maximum absolute atomic E-state index is 14.1. The first kappa shape index (κ1) is 36.7. The third-order valence-electron chi connectivity index (χ3n) is 9.53. The van der Waals surface area contributed by atoms with Crippen molar-refractivity contribution in [2.75, 3.05) is 51.8 Å². The first-order valence-electron chi connectivity index (χ1n) is 17.4. The Hall–Kier alpha value is -4.56. The summed E-state index contributed by atoms with van der Waals surface area (Å²) in [5, 5.41) is 6.59. The van der Waals surface area contributed by atoms with Gasteiger partial charge >= 0.3 is 5.97 Å². The Morgan fingerprint density at radius 3 is 2.44 bits per heavy atom. The van der Waals surface area contributed by atoms with Crippen LogP contribution >= 0.6 is 0 Å². The van der Waals surface area contributed by atoms with Crippen LogP contribution in [0, 0.1) is 11.3 Å². The number of carbonyl (C=O) groups is 5. The lowest BCUT2D eigenvalue weighted by Crippen LogP contribution is -2.62. The van der Waals surface area contributed by atoms with Gasteiger partial charge in [0.2, 0.25) is 5.91 Å². The van der Waals surface area contributed by atoms with Crippen molar-refractivity contribution in [3.63, 3.8) is 0 Å². The highest BCUT2D eigenvalue weighted by molar-refractivity contribution is 5.92. The zero-order valence-corrected chi connectivity index (χ0v) is 29.9. The number of rotatable bonds is 4. The normalized spacial score (nSPS) is 24.9. The Kier molecular flexibility index (Phi) is 11.4. The number of pyridine rings is 1. The van der Waals surface area contributed by atoms with E-state index in [-0.39, 0.29) is 24.7 Å². The second-order valence-corrected chi connectivity index (χ2v) is 14.4. The van der Waals surface area contributed by atoms with E-state index < -0.39 is 47.3 Å². The molecule has 1 aromatic carbocycles. The van der Waals surface area contributed by atoms with E-state index >= 15 is 0 Å². The van der Waals surface area contributed by atoms with Gasteiger partial charge in [0.05, 0.1) is 10.9 Å². The highest BCUT2D eigenvalue weighted by atomic mass is 16.5. The first-order chi connectivity index (χ1) is 23.7. The van der Waals surface area contributed by atoms with Gasteiger partial charge in [-0.05, 0) is 69.8 Å². The number of benzene rings is 1. The van der Waals surface area contributed by atoms with Gasteiger partial charge in [0, 0.05) is 51.6 Å². The lowest BCUT2D eigenvalue weighted by Gasteiger charge is -2.36. The zero-order chi connectivity index (χ0) is 36.2. The van der Waals surface area contributed by atoms with Gasteiger partial charge in [0.15, 0.2) is 6.10 Å². The summed E-state index contributed by atoms with van der Waals surface area (Å²) in [5.41, 5.74) is 6.32. The summed E-state index contributed by atoms with van der Waals surface area (Å²) in [6, 6.07) is 7.60. The van der Waals surface area contributed by atoms with Gasteiger partial charge in [-0.1, -0.05) is 38.1 Å². The molecule has 5 bridgehead atoms. The van der Waals surface area contributed by atoms with Crippen LogP contribution in [0.3, 0.4) is 0 Å². The fourth-order valence-electron chi connectivity index (χ4n) is 6.16. The number of anilines is 1. The molecule has 5 rings (SSSR count). The number of fused-ring (bicyclic) bond motifs is 4. The minimum absolute atomic E-state index is 0.0327. The summed E-state index contributed by atoms with van der Waals surface area (Å²) in [7, 11) is 3.70. The molecule has 14 nitrogen and oxygen atoms in total. The Labute approximate surface area is 293 Å². The molecule has 0 unspecified atom stereocenters. The maximum Gasteiger partial charge on any atom is 0.316 e. The molecule has 4 heterocycles. The van der Waals surface area contributed by atoms with Crippen molar-refractivity contribution in [2.45, 2.75) is 71.6 Å². The van der Waals surface area contributed by atoms with E-state index in [0.717, 1.165) is 24.0 Å². The van der Waals surface area contributed by atoms with Crippen LogP contribution in [0.25, 0.3) is 17.0 Å². The predicted octanol–water partition coefficient (Wildman–Crippen LogP) is 1.86. The van der Waals surface area contributed by atoms with E-state index in [9.17, 15) is 24.0 Å². The van der Waals surface area contributed by atoms with Crippen molar-refractivity contribution < 1.29 is 28.7 Å². The smallest absolute Gasteiger partial charge is 0.316 e. The van der Waals surface area contributed by atoms with Crippen LogP contribution in [0.2, 0.25) is 0 Å². The average Bonchev–Trinajstić information content (AvgIpc) is 3.10. The number of likely N-dealkylation sites (N-methyl/N-ethyl adjacent to an activating group) is 1. The number of amides is 4. The van der Waals surface area contributed by atoms with Gasteiger partial charge in [-0.2, -0.15) is 0 Å². The molecule has 3 atom stereocenters. The number of ether oxygens (including phenoxy) is 1. The van der Waals surface area contributed by atoms with Crippen LogP contribution in [-0.2, 0) is 28.7 Å². The van der Waals surface area contributed by atoms with Crippen molar-refractivity contribution in [3.8, 4) is 0 Å². The molecular weight excluding hydrogens is 640 g/mol. The van der Waals surface area contributed by atoms with Crippen LogP contribution in [0.5, 0.6) is 0 Å². The fourth-order valence-corrected chi connectivity index (χ4v) is 6.16. The second-order valence-electron chi connectivity index (χ2n) is 14.4. The van der Waals surface area contributed by atoms with Crippen molar-refractivity contribution >= 4 is 52.4 Å². The van der Waals surface area contributed by atoms with Gasteiger partial charge in [-0.15, -0.1) is 0 Å². The number of carbonyl (C=O) groups excluding carboxylic acids is 5. The molecule has 3 aliphatic rings. The number of hydrazine groups is 2. The van der Waals surface area contributed by atoms with Crippen LogP contribution in [0.4, 0.5) is 5.82 Å². The van der Waals surface area contributed by atoms with E-state index in [1.807, 2.05) is 31.3 Å². The molecule has 270 valence electrons. The topological polar surface area (TPSA) is 157 Å². The Morgan fingerprint density at radius 1 is 1.00 bits per heavy atom. The number of aromatic nitrogens is 1. The second kappa shape index (κ2) is 15.5. The number of hydrogen-bond acceptors (Lipinski definition) is 10. The van der Waals surface area contributed by atoms with Gasteiger partial charge in [-0.25, -0.2) is 10.4 Å². The number of cyclic esters (lactones) is 1. The number of nitrogens with one attached hydrogen (secondary N) is 3. The van der Waals surface area contributed by atoms with Crippen LogP contribution in [0.1, 0.15) is 58.9 Å². The molecule has 0 aliphatic carbocycles. The summed E-state index contributed by atoms with van der Waals surface area (Å²) in [4.78, 5) is 76.8. The summed E-state index contributed by atoms with van der Waals surface area (Å²) in [6.45, 7) is 9.93. The molecule has 2 saturated heterocycles. The summed E-state index contributed by atoms with van der Waals surface area (Å²) >= 11 is 0. The predicted molar refractivity (Wildman–Crippen MR) is 189 cm³/mol. The van der Waals surface area contributed by atoms with Gasteiger partial charge in [0.1, 0.15) is 17.9 Å². The Balaban J connectivity index is 1.45. The van der Waals surface area contributed by atoms with Crippen molar-refractivity contribution in [2.24, 2.45) is 11.3 Å². The number of esters is 1. The molecular formula is C36H50N8O6. The molecule has 4 amide bonds. The molecule has 3 aliphatic heterocycles. The van der Waals surface area contributed by atoms with Crippen LogP contribution in [0.15, 0.2) is 36.4 Å². The molecule has 1 aromatic heterocycles. The number of hydrogen-bond donors (Lipinski definition) is 3. The van der Waals surface area contributed by atoms with E-state index in [4.69, 9.17) is 9.72 Å². The zero-order valence-electron chi connectivity index (χ0n) is 29.9. The summed E-state index contributed by atoms with van der Waals surface area (Å²) in [5.74, 6) is -2.08. The quantitative estimate of drug-likeness (QED) is 0.405. The molecule has 3 N–H and O–H groups in total. The van der Waals surface area contributed by atoms with Crippen molar-refractivity contribution in [1.29, 1.82) is 0 Å². The summed E-state index contributed by atoms with van der Waals surface area (Å²) in [6.07, 6.45) is 3.41. The Bertz CT molecular complexity index is 1640. The van der Waals surface area contributed by atoms with Crippen molar-refractivity contribution in [1.82, 2.24) is 36.0 Å². The van der Waals surface area contributed by atoms with E-state index in [1.165, 1.54) is 10.0 Å². The van der Waals surface area contributed by atoms with E-state index in [0.29, 0.717) is 43.8 Å². The average molecular weight is 691 g/mol. The van der Waals surface area contributed by atoms with Crippen LogP contribution in [-0.4, -0.2) is 114 Å². The van der Waals surface area contributed by atoms with Crippen molar-refractivity contribution in [3.05, 3.63) is 42.0 Å². The minimum Gasteiger partial charge on any atom is -0.451 e. The molecule has 0 radical (unpaired) electrons. The number of piperazine rings is 1. The third kappa shape index (κ3) is 8.77. The van der Waals surface area contributed by atoms with Crippen LogP contribution < -0.4 is 21.2 Å². The summed E-state index contributed by atoms with van der Waals surface area (Å²) < 4.78 is 5.85. The largest absolute Gasteiger partial charge is 0.451 e.